The fraction of sp³-hybridized carbons (Fsp3) is 0.261. The van der Waals surface area contributed by atoms with Crippen LogP contribution in [0.3, 0.4) is 0 Å². The Morgan fingerprint density at radius 1 is 1.06 bits per heavy atom. The van der Waals surface area contributed by atoms with Crippen LogP contribution in [0.1, 0.15) is 16.1 Å². The number of nitrogens with zero attached hydrogens (tertiary/aromatic N) is 6. The largest absolute Gasteiger partial charge is 0.354 e. The number of pyridine rings is 3. The minimum absolute atomic E-state index is 0.0308. The van der Waals surface area contributed by atoms with Gasteiger partial charge in [-0.2, -0.15) is 0 Å². The van der Waals surface area contributed by atoms with E-state index in [0.29, 0.717) is 11.3 Å². The van der Waals surface area contributed by atoms with E-state index in [2.05, 4.69) is 31.8 Å². The Hall–Kier alpha value is -3.23. The van der Waals surface area contributed by atoms with Crippen molar-refractivity contribution in [2.24, 2.45) is 0 Å². The SMILES string of the molecule is CN1CCN(c2cc(C(=O)Cc3cc4nc(-c5cncs5)ccc4cn3)ccn2)CC1. The van der Waals surface area contributed by atoms with Crippen molar-refractivity contribution < 1.29 is 4.79 Å². The summed E-state index contributed by atoms with van der Waals surface area (Å²) in [5.74, 6) is 0.893. The lowest BCUT2D eigenvalue weighted by Crippen LogP contribution is -2.44. The summed E-state index contributed by atoms with van der Waals surface area (Å²) in [6.07, 6.45) is 5.54. The van der Waals surface area contributed by atoms with E-state index in [1.165, 1.54) is 0 Å². The Morgan fingerprint density at radius 3 is 2.74 bits per heavy atom. The molecule has 0 atom stereocenters. The number of hydrogen-bond acceptors (Lipinski definition) is 8. The Balaban J connectivity index is 1.35. The standard InChI is InChI=1S/C23H22N6OS/c1-28-6-8-29(9-7-28)23-10-16(4-5-25-23)21(30)12-18-11-20-17(13-26-18)2-3-19(27-20)22-14-24-15-31-22/h2-5,10-11,13-15H,6-9,12H2,1H3. The molecule has 0 unspecified atom stereocenters. The highest BCUT2D eigenvalue weighted by molar-refractivity contribution is 7.13. The van der Waals surface area contributed by atoms with E-state index in [1.54, 1.807) is 35.3 Å². The molecule has 7 nitrogen and oxygen atoms in total. The second kappa shape index (κ2) is 8.49. The molecule has 0 spiro atoms. The lowest BCUT2D eigenvalue weighted by Gasteiger charge is -2.33. The highest BCUT2D eigenvalue weighted by Gasteiger charge is 2.17. The first-order valence-corrected chi connectivity index (χ1v) is 11.1. The van der Waals surface area contributed by atoms with Crippen molar-refractivity contribution in [3.05, 3.63) is 65.7 Å². The summed E-state index contributed by atoms with van der Waals surface area (Å²) >= 11 is 1.55. The number of carbonyl (C=O) groups is 1. The highest BCUT2D eigenvalue weighted by Crippen LogP contribution is 2.24. The number of fused-ring (bicyclic) bond motifs is 1. The summed E-state index contributed by atoms with van der Waals surface area (Å²) < 4.78 is 0. The van der Waals surface area contributed by atoms with Crippen LogP contribution in [-0.2, 0) is 6.42 Å². The molecule has 156 valence electrons. The zero-order chi connectivity index (χ0) is 21.2. The monoisotopic (exact) mass is 430 g/mol. The number of thiazole rings is 1. The summed E-state index contributed by atoms with van der Waals surface area (Å²) in [4.78, 5) is 36.3. The van der Waals surface area contributed by atoms with Gasteiger partial charge in [-0.05, 0) is 37.4 Å². The third-order valence-corrected chi connectivity index (χ3v) is 6.35. The Kier molecular flexibility index (Phi) is 5.40. The number of hydrogen-bond donors (Lipinski definition) is 0. The molecule has 0 radical (unpaired) electrons. The molecular formula is C23H22N6OS. The average Bonchev–Trinajstić information content (AvgIpc) is 3.34. The molecule has 0 aromatic carbocycles. The predicted molar refractivity (Wildman–Crippen MR) is 123 cm³/mol. The molecule has 0 N–H and O–H groups in total. The first-order valence-electron chi connectivity index (χ1n) is 10.2. The summed E-state index contributed by atoms with van der Waals surface area (Å²) in [6, 6.07) is 9.55. The maximum absolute atomic E-state index is 13.0. The van der Waals surface area contributed by atoms with Gasteiger partial charge in [-0.15, -0.1) is 11.3 Å². The average molecular weight is 431 g/mol. The van der Waals surface area contributed by atoms with Crippen molar-refractivity contribution in [2.45, 2.75) is 6.42 Å². The van der Waals surface area contributed by atoms with Crippen molar-refractivity contribution in [1.29, 1.82) is 0 Å². The molecule has 0 bridgehead atoms. The van der Waals surface area contributed by atoms with E-state index in [1.807, 2.05) is 30.5 Å². The molecule has 31 heavy (non-hydrogen) atoms. The summed E-state index contributed by atoms with van der Waals surface area (Å²) in [5.41, 5.74) is 4.88. The first-order chi connectivity index (χ1) is 15.2. The number of anilines is 1. The summed E-state index contributed by atoms with van der Waals surface area (Å²) in [7, 11) is 2.12. The minimum Gasteiger partial charge on any atom is -0.354 e. The zero-order valence-corrected chi connectivity index (χ0v) is 18.0. The summed E-state index contributed by atoms with van der Waals surface area (Å²) in [6.45, 7) is 3.83. The molecule has 0 aliphatic carbocycles. The van der Waals surface area contributed by atoms with E-state index in [4.69, 9.17) is 4.98 Å². The maximum Gasteiger partial charge on any atom is 0.169 e. The predicted octanol–water partition coefficient (Wildman–Crippen LogP) is 3.33. The van der Waals surface area contributed by atoms with Crippen LogP contribution >= 0.6 is 11.3 Å². The maximum atomic E-state index is 13.0. The molecule has 0 amide bonds. The van der Waals surface area contributed by atoms with Crippen molar-refractivity contribution >= 4 is 33.8 Å². The molecule has 4 aromatic rings. The lowest BCUT2D eigenvalue weighted by molar-refractivity contribution is 0.0992. The van der Waals surface area contributed by atoms with Gasteiger partial charge in [0.2, 0.25) is 0 Å². The number of carbonyl (C=O) groups excluding carboxylic acids is 1. The second-order valence-electron chi connectivity index (χ2n) is 7.72. The number of rotatable bonds is 5. The molecule has 1 aliphatic heterocycles. The van der Waals surface area contributed by atoms with E-state index in [0.717, 1.165) is 53.5 Å². The van der Waals surface area contributed by atoms with E-state index in [9.17, 15) is 4.79 Å². The van der Waals surface area contributed by atoms with Crippen LogP contribution in [0.4, 0.5) is 5.82 Å². The molecular weight excluding hydrogens is 408 g/mol. The topological polar surface area (TPSA) is 75.1 Å². The minimum atomic E-state index is 0.0308. The van der Waals surface area contributed by atoms with Crippen LogP contribution < -0.4 is 4.90 Å². The number of likely N-dealkylation sites (N-methyl/N-ethyl adjacent to an activating group) is 1. The fourth-order valence-corrected chi connectivity index (χ4v) is 4.29. The molecule has 8 heteroatoms. The van der Waals surface area contributed by atoms with E-state index in [-0.39, 0.29) is 12.2 Å². The van der Waals surface area contributed by atoms with Gasteiger partial charge in [-0.1, -0.05) is 0 Å². The zero-order valence-electron chi connectivity index (χ0n) is 17.2. The quantitative estimate of drug-likeness (QED) is 0.450. The molecule has 5 rings (SSSR count). The summed E-state index contributed by atoms with van der Waals surface area (Å²) in [5, 5.41) is 0.950. The van der Waals surface area contributed by atoms with Crippen molar-refractivity contribution in [1.82, 2.24) is 24.8 Å². The first kappa shape index (κ1) is 19.7. The van der Waals surface area contributed by atoms with E-state index >= 15 is 0 Å². The van der Waals surface area contributed by atoms with Gasteiger partial charge in [0.15, 0.2) is 5.78 Å². The van der Waals surface area contributed by atoms with Gasteiger partial charge in [0, 0.05) is 55.7 Å². The van der Waals surface area contributed by atoms with Crippen LogP contribution in [0.2, 0.25) is 0 Å². The third-order valence-electron chi connectivity index (χ3n) is 5.55. The molecule has 1 saturated heterocycles. The molecule has 5 heterocycles. The molecule has 4 aromatic heterocycles. The van der Waals surface area contributed by atoms with E-state index < -0.39 is 0 Å². The lowest BCUT2D eigenvalue weighted by atomic mass is 10.1. The van der Waals surface area contributed by atoms with Gasteiger partial charge in [0.25, 0.3) is 0 Å². The van der Waals surface area contributed by atoms with Crippen molar-refractivity contribution in [3.63, 3.8) is 0 Å². The molecule has 1 fully saturated rings. The van der Waals surface area contributed by atoms with Crippen molar-refractivity contribution in [2.75, 3.05) is 38.1 Å². The van der Waals surface area contributed by atoms with Crippen LogP contribution in [0.5, 0.6) is 0 Å². The number of ketones is 1. The Morgan fingerprint density at radius 2 is 1.94 bits per heavy atom. The third kappa shape index (κ3) is 4.30. The van der Waals surface area contributed by atoms with Gasteiger partial charge in [-0.3, -0.25) is 14.8 Å². The highest BCUT2D eigenvalue weighted by atomic mass is 32.1. The van der Waals surface area contributed by atoms with Gasteiger partial charge >= 0.3 is 0 Å². The molecule has 0 saturated carbocycles. The Labute approximate surface area is 184 Å². The molecule has 1 aliphatic rings. The fourth-order valence-electron chi connectivity index (χ4n) is 3.70. The van der Waals surface area contributed by atoms with Crippen LogP contribution in [-0.4, -0.2) is 63.8 Å². The van der Waals surface area contributed by atoms with Gasteiger partial charge in [0.05, 0.1) is 33.7 Å². The van der Waals surface area contributed by atoms with Crippen LogP contribution in [0.15, 0.2) is 54.4 Å². The van der Waals surface area contributed by atoms with Crippen molar-refractivity contribution in [3.8, 4) is 10.6 Å². The second-order valence-corrected chi connectivity index (χ2v) is 8.61. The smallest absolute Gasteiger partial charge is 0.169 e. The van der Waals surface area contributed by atoms with Gasteiger partial charge < -0.3 is 9.80 Å². The van der Waals surface area contributed by atoms with Crippen LogP contribution in [0, 0.1) is 0 Å². The number of piperazine rings is 1. The number of Topliss-reactive ketones (excluding diaryl/α,β-unsaturated/α-hetero) is 1. The van der Waals surface area contributed by atoms with Crippen LogP contribution in [0.25, 0.3) is 21.5 Å². The van der Waals surface area contributed by atoms with Gasteiger partial charge in [0.1, 0.15) is 5.82 Å². The normalized spacial score (nSPS) is 14.8. The Bertz CT molecular complexity index is 1220. The number of aromatic nitrogens is 4. The van der Waals surface area contributed by atoms with Gasteiger partial charge in [-0.25, -0.2) is 9.97 Å².